The summed E-state index contributed by atoms with van der Waals surface area (Å²) >= 11 is 7.38. The maximum absolute atomic E-state index is 12.6. The number of benzene rings is 1. The van der Waals surface area contributed by atoms with Gasteiger partial charge in [0.25, 0.3) is 5.56 Å². The fourth-order valence-corrected chi connectivity index (χ4v) is 3.50. The highest BCUT2D eigenvalue weighted by Gasteiger charge is 2.13. The maximum Gasteiger partial charge on any atom is 0.260 e. The molecule has 0 unspecified atom stereocenters. The summed E-state index contributed by atoms with van der Waals surface area (Å²) in [4.78, 5) is 24.7. The van der Waals surface area contributed by atoms with Gasteiger partial charge in [0.1, 0.15) is 10.7 Å². The van der Waals surface area contributed by atoms with Gasteiger partial charge in [-0.2, -0.15) is 0 Å². The predicted molar refractivity (Wildman–Crippen MR) is 93.9 cm³/mol. The average molecular weight is 340 g/mol. The molecule has 3 heterocycles. The summed E-state index contributed by atoms with van der Waals surface area (Å²) in [5, 5.41) is 3.22. The van der Waals surface area contributed by atoms with Gasteiger partial charge in [-0.3, -0.25) is 9.78 Å². The highest BCUT2D eigenvalue weighted by molar-refractivity contribution is 7.17. The van der Waals surface area contributed by atoms with Gasteiger partial charge >= 0.3 is 0 Å². The molecule has 0 fully saturated rings. The number of aromatic nitrogens is 3. The van der Waals surface area contributed by atoms with Crippen molar-refractivity contribution in [2.45, 2.75) is 0 Å². The Kier molecular flexibility index (Phi) is 3.44. The standard InChI is InChI=1S/C17H10ClN3OS/c18-12-5-3-10(4-6-12)13-9-23-17-14(13)16(22)20-15(21-17)11-2-1-7-19-8-11/h1-9H,(H,20,21,22). The van der Waals surface area contributed by atoms with Crippen molar-refractivity contribution in [3.63, 3.8) is 0 Å². The molecular weight excluding hydrogens is 330 g/mol. The zero-order chi connectivity index (χ0) is 15.8. The number of hydrogen-bond donors (Lipinski definition) is 1. The normalized spacial score (nSPS) is 11.0. The number of rotatable bonds is 2. The van der Waals surface area contributed by atoms with Crippen LogP contribution in [0.15, 0.2) is 59.0 Å². The monoisotopic (exact) mass is 339 g/mol. The molecule has 0 saturated heterocycles. The van der Waals surface area contributed by atoms with Crippen molar-refractivity contribution in [1.29, 1.82) is 0 Å². The van der Waals surface area contributed by atoms with Crippen LogP contribution in [0.25, 0.3) is 32.7 Å². The fraction of sp³-hybridized carbons (Fsp3) is 0. The number of halogens is 1. The number of nitrogens with zero attached hydrogens (tertiary/aromatic N) is 2. The Labute approximate surface area is 140 Å². The summed E-state index contributed by atoms with van der Waals surface area (Å²) in [5.41, 5.74) is 2.45. The van der Waals surface area contributed by atoms with Gasteiger partial charge in [0.2, 0.25) is 0 Å². The number of pyridine rings is 1. The van der Waals surface area contributed by atoms with Gasteiger partial charge in [0.15, 0.2) is 0 Å². The van der Waals surface area contributed by atoms with Crippen LogP contribution in [0.2, 0.25) is 5.02 Å². The van der Waals surface area contributed by atoms with Crippen LogP contribution in [0.4, 0.5) is 0 Å². The largest absolute Gasteiger partial charge is 0.306 e. The molecule has 0 radical (unpaired) electrons. The molecule has 0 saturated carbocycles. The predicted octanol–water partition coefficient (Wildman–Crippen LogP) is 4.37. The number of nitrogens with one attached hydrogen (secondary N) is 1. The summed E-state index contributed by atoms with van der Waals surface area (Å²) in [6.45, 7) is 0. The molecule has 23 heavy (non-hydrogen) atoms. The van der Waals surface area contributed by atoms with Crippen molar-refractivity contribution in [3.05, 3.63) is 69.5 Å². The van der Waals surface area contributed by atoms with E-state index in [1.165, 1.54) is 11.3 Å². The van der Waals surface area contributed by atoms with Gasteiger partial charge in [-0.05, 0) is 29.8 Å². The molecule has 0 spiro atoms. The van der Waals surface area contributed by atoms with Crippen molar-refractivity contribution in [3.8, 4) is 22.5 Å². The van der Waals surface area contributed by atoms with E-state index in [9.17, 15) is 4.79 Å². The Hall–Kier alpha value is -2.50. The van der Waals surface area contributed by atoms with Gasteiger partial charge in [-0.1, -0.05) is 23.7 Å². The van der Waals surface area contributed by atoms with Crippen LogP contribution in [0.5, 0.6) is 0 Å². The van der Waals surface area contributed by atoms with Crippen molar-refractivity contribution in [2.75, 3.05) is 0 Å². The Morgan fingerprint density at radius 2 is 1.91 bits per heavy atom. The van der Waals surface area contributed by atoms with Crippen molar-refractivity contribution in [2.24, 2.45) is 0 Å². The highest BCUT2D eigenvalue weighted by atomic mass is 35.5. The lowest BCUT2D eigenvalue weighted by Gasteiger charge is -2.02. The van der Waals surface area contributed by atoms with Crippen LogP contribution in [0.3, 0.4) is 0 Å². The average Bonchev–Trinajstić information content (AvgIpc) is 3.01. The first-order valence-corrected chi connectivity index (χ1v) is 8.16. The molecule has 4 nitrogen and oxygen atoms in total. The Balaban J connectivity index is 1.91. The van der Waals surface area contributed by atoms with E-state index in [2.05, 4.69) is 15.0 Å². The molecule has 0 aliphatic heterocycles. The van der Waals surface area contributed by atoms with Crippen LogP contribution >= 0.6 is 22.9 Å². The molecule has 4 rings (SSSR count). The van der Waals surface area contributed by atoms with E-state index < -0.39 is 0 Å². The summed E-state index contributed by atoms with van der Waals surface area (Å²) in [5.74, 6) is 0.528. The third kappa shape index (κ3) is 2.54. The number of hydrogen-bond acceptors (Lipinski definition) is 4. The highest BCUT2D eigenvalue weighted by Crippen LogP contribution is 2.32. The van der Waals surface area contributed by atoms with E-state index in [1.807, 2.05) is 41.8 Å². The second kappa shape index (κ2) is 5.61. The number of fused-ring (bicyclic) bond motifs is 1. The van der Waals surface area contributed by atoms with Crippen LogP contribution in [-0.4, -0.2) is 15.0 Å². The molecular formula is C17H10ClN3OS. The van der Waals surface area contributed by atoms with Crippen LogP contribution < -0.4 is 5.56 Å². The minimum Gasteiger partial charge on any atom is -0.306 e. The summed E-state index contributed by atoms with van der Waals surface area (Å²) < 4.78 is 0. The zero-order valence-electron chi connectivity index (χ0n) is 11.8. The first-order valence-electron chi connectivity index (χ1n) is 6.90. The molecule has 112 valence electrons. The Morgan fingerprint density at radius 1 is 1.09 bits per heavy atom. The number of thiophene rings is 1. The molecule has 6 heteroatoms. The molecule has 0 amide bonds. The SMILES string of the molecule is O=c1[nH]c(-c2cccnc2)nc2scc(-c3ccc(Cl)cc3)c12. The molecule has 0 aliphatic rings. The lowest BCUT2D eigenvalue weighted by atomic mass is 10.1. The van der Waals surface area contributed by atoms with Gasteiger partial charge in [-0.15, -0.1) is 11.3 Å². The van der Waals surface area contributed by atoms with Gasteiger partial charge in [-0.25, -0.2) is 4.98 Å². The molecule has 1 aromatic carbocycles. The second-order valence-corrected chi connectivity index (χ2v) is 6.29. The maximum atomic E-state index is 12.6. The van der Waals surface area contributed by atoms with Crippen LogP contribution in [0.1, 0.15) is 0 Å². The second-order valence-electron chi connectivity index (χ2n) is 4.99. The number of H-pyrrole nitrogens is 1. The van der Waals surface area contributed by atoms with Crippen molar-refractivity contribution < 1.29 is 0 Å². The fourth-order valence-electron chi connectivity index (χ4n) is 2.43. The van der Waals surface area contributed by atoms with E-state index in [-0.39, 0.29) is 5.56 Å². The summed E-state index contributed by atoms with van der Waals surface area (Å²) in [6, 6.07) is 11.1. The molecule has 0 atom stereocenters. The van der Waals surface area contributed by atoms with Crippen molar-refractivity contribution >= 4 is 33.2 Å². The van der Waals surface area contributed by atoms with Crippen molar-refractivity contribution in [1.82, 2.24) is 15.0 Å². The van der Waals surface area contributed by atoms with E-state index >= 15 is 0 Å². The lowest BCUT2D eigenvalue weighted by molar-refractivity contribution is 1.17. The summed E-state index contributed by atoms with van der Waals surface area (Å²) in [7, 11) is 0. The number of aromatic amines is 1. The third-order valence-electron chi connectivity index (χ3n) is 3.53. The summed E-state index contributed by atoms with van der Waals surface area (Å²) in [6.07, 6.45) is 3.36. The van der Waals surface area contributed by atoms with Crippen LogP contribution in [0, 0.1) is 0 Å². The Bertz CT molecular complexity index is 1040. The first-order chi connectivity index (χ1) is 11.2. The minimum atomic E-state index is -0.153. The van der Waals surface area contributed by atoms with Gasteiger partial charge in [0, 0.05) is 33.9 Å². The van der Waals surface area contributed by atoms with E-state index in [0.717, 1.165) is 16.7 Å². The Morgan fingerprint density at radius 3 is 2.65 bits per heavy atom. The third-order valence-corrected chi connectivity index (χ3v) is 4.66. The molecule has 1 N–H and O–H groups in total. The van der Waals surface area contributed by atoms with E-state index in [1.54, 1.807) is 12.4 Å². The first kappa shape index (κ1) is 14.1. The van der Waals surface area contributed by atoms with Gasteiger partial charge in [0.05, 0.1) is 5.39 Å². The van der Waals surface area contributed by atoms with E-state index in [4.69, 9.17) is 11.6 Å². The molecule has 4 aromatic rings. The van der Waals surface area contributed by atoms with Gasteiger partial charge < -0.3 is 4.98 Å². The molecule has 0 bridgehead atoms. The molecule has 3 aromatic heterocycles. The van der Waals surface area contributed by atoms with Crippen LogP contribution in [-0.2, 0) is 0 Å². The lowest BCUT2D eigenvalue weighted by Crippen LogP contribution is -2.09. The zero-order valence-corrected chi connectivity index (χ0v) is 13.4. The van der Waals surface area contributed by atoms with E-state index in [0.29, 0.717) is 21.1 Å². The molecule has 0 aliphatic carbocycles. The minimum absolute atomic E-state index is 0.153. The topological polar surface area (TPSA) is 58.6 Å². The quantitative estimate of drug-likeness (QED) is 0.590. The smallest absolute Gasteiger partial charge is 0.260 e.